The summed E-state index contributed by atoms with van der Waals surface area (Å²) in [6.07, 6.45) is 7.59. The van der Waals surface area contributed by atoms with Gasteiger partial charge in [-0.1, -0.05) is 6.07 Å². The first-order chi connectivity index (χ1) is 10.7. The number of nitrogens with zero attached hydrogens (tertiary/aromatic N) is 2. The van der Waals surface area contributed by atoms with E-state index in [1.54, 1.807) is 6.20 Å². The molecule has 2 rings (SSSR count). The normalized spacial score (nSPS) is 13.7. The molecular formula is C16H21N3O3. The van der Waals surface area contributed by atoms with Crippen molar-refractivity contribution in [1.29, 1.82) is 0 Å². The molecule has 118 valence electrons. The van der Waals surface area contributed by atoms with Crippen molar-refractivity contribution in [3.05, 3.63) is 47.9 Å². The second-order valence-electron chi connectivity index (χ2n) is 4.86. The first-order valence-corrected chi connectivity index (χ1v) is 7.19. The Labute approximate surface area is 130 Å². The van der Waals surface area contributed by atoms with Gasteiger partial charge in [-0.3, -0.25) is 4.79 Å². The maximum absolute atomic E-state index is 11.5. The minimum Gasteiger partial charge on any atom is -0.478 e. The third-order valence-corrected chi connectivity index (χ3v) is 3.02. The topological polar surface area (TPSA) is 63.7 Å². The van der Waals surface area contributed by atoms with E-state index in [0.717, 1.165) is 11.3 Å². The molecule has 1 aromatic rings. The molecule has 0 radical (unpaired) electrons. The molecule has 0 spiro atoms. The van der Waals surface area contributed by atoms with E-state index in [-0.39, 0.29) is 12.5 Å². The second kappa shape index (κ2) is 8.19. The number of nitrogens with one attached hydrogen (secondary N) is 1. The monoisotopic (exact) mass is 303 g/mol. The van der Waals surface area contributed by atoms with Crippen LogP contribution >= 0.6 is 0 Å². The first kappa shape index (κ1) is 16.0. The highest BCUT2D eigenvalue weighted by molar-refractivity contribution is 5.79. The predicted octanol–water partition coefficient (Wildman–Crippen LogP) is 1.46. The number of carbonyl (C=O) groups excluding carboxylic acids is 1. The van der Waals surface area contributed by atoms with Gasteiger partial charge in [-0.05, 0) is 30.8 Å². The second-order valence-corrected chi connectivity index (χ2v) is 4.86. The maximum Gasteiger partial charge on any atom is 0.250 e. The third kappa shape index (κ3) is 4.89. The Bertz CT molecular complexity index is 552. The van der Waals surface area contributed by atoms with Gasteiger partial charge in [0.2, 0.25) is 11.8 Å². The van der Waals surface area contributed by atoms with E-state index in [1.165, 1.54) is 7.11 Å². The van der Waals surface area contributed by atoms with Gasteiger partial charge < -0.3 is 19.7 Å². The van der Waals surface area contributed by atoms with E-state index in [2.05, 4.69) is 15.2 Å². The minimum atomic E-state index is -0.147. The lowest BCUT2D eigenvalue weighted by Gasteiger charge is -2.25. The molecule has 2 heterocycles. The summed E-state index contributed by atoms with van der Waals surface area (Å²) >= 11 is 0. The molecule has 0 fully saturated rings. The van der Waals surface area contributed by atoms with Crippen molar-refractivity contribution in [3.63, 3.8) is 0 Å². The number of pyridine rings is 1. The van der Waals surface area contributed by atoms with Crippen molar-refractivity contribution in [2.45, 2.75) is 13.5 Å². The minimum absolute atomic E-state index is 0.0594. The quantitative estimate of drug-likeness (QED) is 0.826. The lowest BCUT2D eigenvalue weighted by atomic mass is 10.2. The van der Waals surface area contributed by atoms with Crippen molar-refractivity contribution in [3.8, 4) is 5.88 Å². The number of carbonyl (C=O) groups is 1. The molecule has 1 aliphatic rings. The molecule has 0 saturated carbocycles. The van der Waals surface area contributed by atoms with Crippen LogP contribution in [0.25, 0.3) is 0 Å². The van der Waals surface area contributed by atoms with E-state index in [4.69, 9.17) is 9.47 Å². The van der Waals surface area contributed by atoms with Crippen LogP contribution in [0.3, 0.4) is 0 Å². The van der Waals surface area contributed by atoms with Crippen molar-refractivity contribution >= 4 is 5.91 Å². The lowest BCUT2D eigenvalue weighted by Crippen LogP contribution is -2.33. The fourth-order valence-corrected chi connectivity index (χ4v) is 2.11. The molecule has 0 saturated heterocycles. The van der Waals surface area contributed by atoms with Gasteiger partial charge in [0.1, 0.15) is 6.61 Å². The summed E-state index contributed by atoms with van der Waals surface area (Å²) in [6, 6.07) is 3.86. The van der Waals surface area contributed by atoms with Gasteiger partial charge in [0.15, 0.2) is 0 Å². The Morgan fingerprint density at radius 3 is 3.00 bits per heavy atom. The van der Waals surface area contributed by atoms with Gasteiger partial charge in [-0.2, -0.15) is 0 Å². The number of hydrogen-bond donors (Lipinski definition) is 1. The van der Waals surface area contributed by atoms with Gasteiger partial charge in [-0.15, -0.1) is 0 Å². The molecule has 0 aliphatic carbocycles. The molecule has 1 aromatic heterocycles. The summed E-state index contributed by atoms with van der Waals surface area (Å²) in [7, 11) is 1.50. The van der Waals surface area contributed by atoms with Crippen LogP contribution in [0.4, 0.5) is 0 Å². The van der Waals surface area contributed by atoms with E-state index < -0.39 is 0 Å². The fraction of sp³-hybridized carbons (Fsp3) is 0.375. The van der Waals surface area contributed by atoms with Gasteiger partial charge in [0.25, 0.3) is 0 Å². The number of hydrogen-bond acceptors (Lipinski definition) is 5. The summed E-state index contributed by atoms with van der Waals surface area (Å²) < 4.78 is 10.1. The zero-order valence-electron chi connectivity index (χ0n) is 12.9. The van der Waals surface area contributed by atoms with Crippen LogP contribution in [0.2, 0.25) is 0 Å². The smallest absolute Gasteiger partial charge is 0.250 e. The predicted molar refractivity (Wildman–Crippen MR) is 83.1 cm³/mol. The Balaban J connectivity index is 1.88. The summed E-state index contributed by atoms with van der Waals surface area (Å²) in [5.74, 6) is 0.486. The highest BCUT2D eigenvalue weighted by Crippen LogP contribution is 2.13. The van der Waals surface area contributed by atoms with Gasteiger partial charge in [0, 0.05) is 31.6 Å². The van der Waals surface area contributed by atoms with Crippen LogP contribution in [0.5, 0.6) is 5.88 Å². The highest BCUT2D eigenvalue weighted by atomic mass is 16.5. The zero-order valence-corrected chi connectivity index (χ0v) is 12.9. The average molecular weight is 303 g/mol. The maximum atomic E-state index is 11.5. The van der Waals surface area contributed by atoms with Crippen molar-refractivity contribution in [2.75, 3.05) is 26.9 Å². The van der Waals surface area contributed by atoms with Gasteiger partial charge >= 0.3 is 0 Å². The average Bonchev–Trinajstić information content (AvgIpc) is 2.50. The van der Waals surface area contributed by atoms with Gasteiger partial charge in [0.05, 0.1) is 13.2 Å². The first-order valence-electron chi connectivity index (χ1n) is 7.19. The van der Waals surface area contributed by atoms with Crippen molar-refractivity contribution < 1.29 is 14.3 Å². The molecule has 0 unspecified atom stereocenters. The largest absolute Gasteiger partial charge is 0.478 e. The number of amides is 1. The summed E-state index contributed by atoms with van der Waals surface area (Å²) in [5, 5.41) is 2.83. The summed E-state index contributed by atoms with van der Waals surface area (Å²) in [6.45, 7) is 3.95. The number of methoxy groups -OCH3 is 1. The molecule has 6 nitrogen and oxygen atoms in total. The fourth-order valence-electron chi connectivity index (χ4n) is 2.11. The van der Waals surface area contributed by atoms with Crippen molar-refractivity contribution in [2.24, 2.45) is 0 Å². The van der Waals surface area contributed by atoms with Crippen LogP contribution in [0.1, 0.15) is 12.5 Å². The molecule has 0 aromatic carbocycles. The van der Waals surface area contributed by atoms with E-state index >= 15 is 0 Å². The Morgan fingerprint density at radius 2 is 2.32 bits per heavy atom. The molecular weight excluding hydrogens is 282 g/mol. The molecule has 0 bridgehead atoms. The summed E-state index contributed by atoms with van der Waals surface area (Å²) in [4.78, 5) is 17.9. The van der Waals surface area contributed by atoms with Gasteiger partial charge in [-0.25, -0.2) is 4.98 Å². The molecule has 0 atom stereocenters. The van der Waals surface area contributed by atoms with E-state index in [1.807, 2.05) is 37.4 Å². The van der Waals surface area contributed by atoms with Crippen LogP contribution < -0.4 is 10.1 Å². The van der Waals surface area contributed by atoms with E-state index in [9.17, 15) is 4.79 Å². The lowest BCUT2D eigenvalue weighted by molar-refractivity contribution is -0.124. The zero-order chi connectivity index (χ0) is 15.8. The number of aromatic nitrogens is 1. The standard InChI is InChI=1S/C16H21N3O3/c1-3-22-16-7-6-13(9-17-16)10-19-8-4-5-14(11-19)18-15(20)12-21-2/h4-9H,3,10-12H2,1-2H3,(H,18,20). The Hall–Kier alpha value is -2.34. The number of rotatable bonds is 7. The number of ether oxygens (including phenoxy) is 2. The molecule has 6 heteroatoms. The Kier molecular flexibility index (Phi) is 5.97. The molecule has 1 amide bonds. The number of allylic oxidation sites excluding steroid dienone is 2. The molecule has 22 heavy (non-hydrogen) atoms. The summed E-state index contributed by atoms with van der Waals surface area (Å²) in [5.41, 5.74) is 1.93. The van der Waals surface area contributed by atoms with Crippen molar-refractivity contribution in [1.82, 2.24) is 15.2 Å². The Morgan fingerprint density at radius 1 is 1.45 bits per heavy atom. The van der Waals surface area contributed by atoms with Crippen LogP contribution in [0, 0.1) is 0 Å². The van der Waals surface area contributed by atoms with Crippen LogP contribution in [-0.4, -0.2) is 42.7 Å². The van der Waals surface area contributed by atoms with Crippen LogP contribution in [0.15, 0.2) is 42.4 Å². The highest BCUT2D eigenvalue weighted by Gasteiger charge is 2.11. The molecule has 1 aliphatic heterocycles. The van der Waals surface area contributed by atoms with E-state index in [0.29, 0.717) is 25.6 Å². The third-order valence-electron chi connectivity index (χ3n) is 3.02. The molecule has 1 N–H and O–H groups in total. The van der Waals surface area contributed by atoms with Crippen LogP contribution in [-0.2, 0) is 16.1 Å². The SMILES string of the molecule is CCOc1ccc(CN2C=CC=C(NC(=O)COC)C2)cn1.